The Labute approximate surface area is 226 Å². The summed E-state index contributed by atoms with van der Waals surface area (Å²) in [5, 5.41) is 23.6. The highest BCUT2D eigenvalue weighted by Gasteiger charge is 2.48. The van der Waals surface area contributed by atoms with E-state index in [0.717, 1.165) is 35.5 Å². The SMILES string of the molecule is C/C(=C\c1csc(C)n1)[C@@H]1C[C@H]2[C@@H](CCC[C@H](C)[C@H](C)[C@@H](C)C(=O)C(C)(C)[C@@H](O)CC(=O)O1)N2CCO. The third-order valence-electron chi connectivity index (χ3n) is 8.90. The van der Waals surface area contributed by atoms with Gasteiger partial charge in [-0.3, -0.25) is 14.5 Å². The Morgan fingerprint density at radius 1 is 1.24 bits per heavy atom. The number of aromatic nitrogens is 1. The number of aryl methyl sites for hydroxylation is 1. The molecule has 0 radical (unpaired) electrons. The van der Waals surface area contributed by atoms with Gasteiger partial charge in [-0.25, -0.2) is 4.98 Å². The molecule has 0 aromatic carbocycles. The lowest BCUT2D eigenvalue weighted by Gasteiger charge is -2.35. The summed E-state index contributed by atoms with van der Waals surface area (Å²) in [6.07, 6.45) is 3.84. The van der Waals surface area contributed by atoms with Crippen LogP contribution in [0.25, 0.3) is 6.08 Å². The van der Waals surface area contributed by atoms with Crippen LogP contribution >= 0.6 is 11.3 Å². The molecule has 37 heavy (non-hydrogen) atoms. The number of carbonyl (C=O) groups excluding carboxylic acids is 2. The number of aliphatic hydroxyl groups is 2. The molecule has 2 fully saturated rings. The van der Waals surface area contributed by atoms with E-state index < -0.39 is 23.6 Å². The maximum atomic E-state index is 13.4. The molecule has 8 atom stereocenters. The fourth-order valence-electron chi connectivity index (χ4n) is 5.82. The quantitative estimate of drug-likeness (QED) is 0.429. The molecule has 0 saturated carbocycles. The maximum Gasteiger partial charge on any atom is 0.309 e. The summed E-state index contributed by atoms with van der Waals surface area (Å²) in [4.78, 5) is 33.3. The zero-order valence-electron chi connectivity index (χ0n) is 23.6. The fraction of sp³-hybridized carbons (Fsp3) is 0.759. The summed E-state index contributed by atoms with van der Waals surface area (Å²) in [7, 11) is 0. The first-order valence-corrected chi connectivity index (χ1v) is 14.6. The smallest absolute Gasteiger partial charge is 0.309 e. The van der Waals surface area contributed by atoms with Crippen LogP contribution in [0.2, 0.25) is 0 Å². The number of β-amino-alcohol motifs (C(OH)–C–C–N with tert-alkyl or cyclic N) is 1. The molecule has 1 aromatic heterocycles. The number of cyclic esters (lactones) is 1. The number of hydrogen-bond acceptors (Lipinski definition) is 8. The van der Waals surface area contributed by atoms with Gasteiger partial charge in [0.05, 0.1) is 35.2 Å². The topological polar surface area (TPSA) is 99.7 Å². The Balaban J connectivity index is 1.88. The van der Waals surface area contributed by atoms with Gasteiger partial charge in [0.2, 0.25) is 0 Å². The minimum atomic E-state index is -1.13. The Morgan fingerprint density at radius 2 is 1.95 bits per heavy atom. The molecule has 8 heteroatoms. The average molecular weight is 535 g/mol. The zero-order valence-corrected chi connectivity index (χ0v) is 24.4. The molecule has 0 aliphatic carbocycles. The van der Waals surface area contributed by atoms with Gasteiger partial charge in [-0.15, -0.1) is 11.3 Å². The number of ketones is 1. The van der Waals surface area contributed by atoms with Gasteiger partial charge in [0.1, 0.15) is 11.9 Å². The van der Waals surface area contributed by atoms with E-state index in [1.807, 2.05) is 32.2 Å². The van der Waals surface area contributed by atoms with Crippen LogP contribution in [-0.2, 0) is 14.3 Å². The van der Waals surface area contributed by atoms with Crippen LogP contribution in [0.1, 0.15) is 84.3 Å². The number of carbonyl (C=O) groups is 2. The normalized spacial score (nSPS) is 36.1. The highest BCUT2D eigenvalue weighted by molar-refractivity contribution is 7.09. The second-order valence-corrected chi connectivity index (χ2v) is 12.9. The van der Waals surface area contributed by atoms with Crippen molar-refractivity contribution in [1.29, 1.82) is 0 Å². The number of aliphatic hydroxyl groups excluding tert-OH is 2. The average Bonchev–Trinajstić information content (AvgIpc) is 3.29. The number of esters is 1. The number of ether oxygens (including phenoxy) is 1. The van der Waals surface area contributed by atoms with E-state index >= 15 is 0 Å². The molecule has 1 unspecified atom stereocenters. The van der Waals surface area contributed by atoms with Crippen LogP contribution in [0.3, 0.4) is 0 Å². The second-order valence-electron chi connectivity index (χ2n) is 11.9. The number of hydrogen-bond donors (Lipinski definition) is 2. The van der Waals surface area contributed by atoms with Gasteiger partial charge in [0.15, 0.2) is 0 Å². The van der Waals surface area contributed by atoms with E-state index in [2.05, 4.69) is 23.7 Å². The van der Waals surface area contributed by atoms with Crippen LogP contribution in [-0.4, -0.2) is 69.3 Å². The lowest BCUT2D eigenvalue weighted by molar-refractivity contribution is -0.154. The van der Waals surface area contributed by atoms with E-state index in [9.17, 15) is 19.8 Å². The standard InChI is InChI=1S/C29H46N2O5S/c1-17-9-8-10-23-24(31(23)11-12-32)14-25(18(2)13-22-16-37-21(5)30-22)36-27(34)15-26(33)29(6,7)28(35)20(4)19(17)3/h13,16-17,19-20,23-26,32-33H,8-12,14-15H2,1-7H3/b18-13+/t17-,19-,20+,23+,24-,25-,26-,31?/m0/s1. The molecule has 0 bridgehead atoms. The highest BCUT2D eigenvalue weighted by atomic mass is 32.1. The van der Waals surface area contributed by atoms with Crippen LogP contribution in [0.4, 0.5) is 0 Å². The van der Waals surface area contributed by atoms with Crippen molar-refractivity contribution in [3.63, 3.8) is 0 Å². The van der Waals surface area contributed by atoms with Gasteiger partial charge in [0.25, 0.3) is 0 Å². The molecular formula is C29H46N2O5S. The van der Waals surface area contributed by atoms with Crippen molar-refractivity contribution in [1.82, 2.24) is 9.88 Å². The number of fused-ring (bicyclic) bond motifs is 1. The molecule has 2 N–H and O–H groups in total. The first-order valence-electron chi connectivity index (χ1n) is 13.8. The van der Waals surface area contributed by atoms with Crippen LogP contribution in [0.5, 0.6) is 0 Å². The minimum absolute atomic E-state index is 0.0119. The lowest BCUT2D eigenvalue weighted by Crippen LogP contribution is -2.44. The third kappa shape index (κ3) is 7.28. The Kier molecular flexibility index (Phi) is 10.1. The third-order valence-corrected chi connectivity index (χ3v) is 9.69. The van der Waals surface area contributed by atoms with Crippen molar-refractivity contribution < 1.29 is 24.5 Å². The van der Waals surface area contributed by atoms with Crippen LogP contribution in [0, 0.1) is 30.1 Å². The van der Waals surface area contributed by atoms with Gasteiger partial charge in [-0.05, 0) is 43.8 Å². The van der Waals surface area contributed by atoms with Gasteiger partial charge in [0, 0.05) is 36.3 Å². The molecule has 7 nitrogen and oxygen atoms in total. The molecule has 0 spiro atoms. The summed E-state index contributed by atoms with van der Waals surface area (Å²) in [6.45, 7) is 14.4. The first kappa shape index (κ1) is 29.9. The van der Waals surface area contributed by atoms with Gasteiger partial charge < -0.3 is 14.9 Å². The number of rotatable bonds is 4. The van der Waals surface area contributed by atoms with Crippen LogP contribution < -0.4 is 0 Å². The predicted molar refractivity (Wildman–Crippen MR) is 147 cm³/mol. The molecule has 2 aliphatic rings. The van der Waals surface area contributed by atoms with Crippen molar-refractivity contribution in [3.05, 3.63) is 21.7 Å². The van der Waals surface area contributed by atoms with Crippen LogP contribution in [0.15, 0.2) is 11.0 Å². The van der Waals surface area contributed by atoms with Crippen molar-refractivity contribution in [2.45, 2.75) is 105 Å². The first-order chi connectivity index (χ1) is 17.4. The van der Waals surface area contributed by atoms with E-state index in [1.54, 1.807) is 25.2 Å². The maximum absolute atomic E-state index is 13.4. The summed E-state index contributed by atoms with van der Waals surface area (Å²) >= 11 is 1.57. The van der Waals surface area contributed by atoms with Gasteiger partial charge in [-0.2, -0.15) is 0 Å². The fourth-order valence-corrected chi connectivity index (χ4v) is 6.39. The highest BCUT2D eigenvalue weighted by Crippen LogP contribution is 2.39. The molecule has 2 saturated heterocycles. The molecule has 0 amide bonds. The monoisotopic (exact) mass is 534 g/mol. The summed E-state index contributed by atoms with van der Waals surface area (Å²) in [5.74, 6) is -0.195. The Hall–Kier alpha value is -1.61. The number of Topliss-reactive ketones (excluding diaryl/α,β-unsaturated/α-hetero) is 1. The Bertz CT molecular complexity index is 973. The number of thiazole rings is 1. The Morgan fingerprint density at radius 3 is 2.57 bits per heavy atom. The summed E-state index contributed by atoms with van der Waals surface area (Å²) < 4.78 is 5.99. The van der Waals surface area contributed by atoms with E-state index in [-0.39, 0.29) is 36.7 Å². The molecule has 1 aromatic rings. The van der Waals surface area contributed by atoms with Gasteiger partial charge in [-0.1, -0.05) is 47.5 Å². The lowest BCUT2D eigenvalue weighted by atomic mass is 9.70. The predicted octanol–water partition coefficient (Wildman–Crippen LogP) is 4.64. The molecule has 3 rings (SSSR count). The molecule has 2 aliphatic heterocycles. The van der Waals surface area contributed by atoms with E-state index in [4.69, 9.17) is 4.74 Å². The summed E-state index contributed by atoms with van der Waals surface area (Å²) in [5.41, 5.74) is 0.684. The van der Waals surface area contributed by atoms with Crippen molar-refractivity contribution >= 4 is 29.2 Å². The minimum Gasteiger partial charge on any atom is -0.458 e. The molecular weight excluding hydrogens is 488 g/mol. The van der Waals surface area contributed by atoms with Gasteiger partial charge >= 0.3 is 5.97 Å². The molecule has 208 valence electrons. The summed E-state index contributed by atoms with van der Waals surface area (Å²) in [6, 6.07) is 0.578. The van der Waals surface area contributed by atoms with E-state index in [0.29, 0.717) is 24.9 Å². The van der Waals surface area contributed by atoms with Crippen molar-refractivity contribution in [3.8, 4) is 0 Å². The number of nitrogens with zero attached hydrogens (tertiary/aromatic N) is 2. The zero-order chi connectivity index (χ0) is 27.5. The van der Waals surface area contributed by atoms with Crippen molar-refractivity contribution in [2.24, 2.45) is 23.2 Å². The molecule has 3 heterocycles. The van der Waals surface area contributed by atoms with Crippen molar-refractivity contribution in [2.75, 3.05) is 13.2 Å². The van der Waals surface area contributed by atoms with E-state index in [1.165, 1.54) is 0 Å². The largest absolute Gasteiger partial charge is 0.458 e. The second kappa shape index (κ2) is 12.5.